The van der Waals surface area contributed by atoms with E-state index < -0.39 is 5.60 Å². The molecular formula is C19H22Cl3NO3. The van der Waals surface area contributed by atoms with Crippen molar-refractivity contribution in [3.63, 3.8) is 0 Å². The molecule has 0 aromatic heterocycles. The molecule has 1 aliphatic heterocycles. The first kappa shape index (κ1) is 21.1. The van der Waals surface area contributed by atoms with Gasteiger partial charge in [0.2, 0.25) is 0 Å². The maximum absolute atomic E-state index is 6.22. The van der Waals surface area contributed by atoms with Gasteiger partial charge in [0.05, 0.1) is 17.2 Å². The van der Waals surface area contributed by atoms with Crippen molar-refractivity contribution in [2.45, 2.75) is 12.0 Å². The Morgan fingerprint density at radius 3 is 2.50 bits per heavy atom. The van der Waals surface area contributed by atoms with E-state index in [9.17, 15) is 0 Å². The maximum Gasteiger partial charge on any atom is 0.139 e. The zero-order valence-corrected chi connectivity index (χ0v) is 16.8. The second kappa shape index (κ2) is 9.67. The Balaban J connectivity index is 0.00000243. The van der Waals surface area contributed by atoms with Crippen LogP contribution in [0.2, 0.25) is 10.0 Å². The van der Waals surface area contributed by atoms with Gasteiger partial charge in [-0.25, -0.2) is 0 Å². The molecule has 1 saturated heterocycles. The molecule has 3 rings (SSSR count). The molecule has 0 aliphatic carbocycles. The number of benzene rings is 2. The lowest BCUT2D eigenvalue weighted by molar-refractivity contribution is -0.0676. The molecule has 26 heavy (non-hydrogen) atoms. The molecule has 142 valence electrons. The average Bonchev–Trinajstić information content (AvgIpc) is 2.89. The molecule has 0 unspecified atom stereocenters. The third kappa shape index (κ3) is 4.96. The van der Waals surface area contributed by atoms with Crippen molar-refractivity contribution in [3.05, 3.63) is 58.1 Å². The summed E-state index contributed by atoms with van der Waals surface area (Å²) in [7, 11) is 1.64. The molecule has 1 N–H and O–H groups in total. The standard InChI is InChI=1S/C19H21Cl2NO3.ClH/c1-23-15-4-6-16(7-5-15)24-13-19(12-22-9-2-10-25-19)14-3-8-17(20)18(21)11-14;/h3-8,11,22H,2,9-10,12-13H2,1H3;1H/t19-;/m0./s1. The van der Waals surface area contributed by atoms with Gasteiger partial charge in [-0.15, -0.1) is 12.4 Å². The van der Waals surface area contributed by atoms with Crippen LogP contribution in [0.3, 0.4) is 0 Å². The van der Waals surface area contributed by atoms with E-state index in [2.05, 4.69) is 5.32 Å². The minimum atomic E-state index is -0.620. The van der Waals surface area contributed by atoms with Crippen molar-refractivity contribution >= 4 is 35.6 Å². The van der Waals surface area contributed by atoms with Gasteiger partial charge in [-0.2, -0.15) is 0 Å². The molecule has 2 aromatic carbocycles. The van der Waals surface area contributed by atoms with Crippen LogP contribution in [0.1, 0.15) is 12.0 Å². The number of methoxy groups -OCH3 is 1. The molecule has 0 saturated carbocycles. The summed E-state index contributed by atoms with van der Waals surface area (Å²) in [5.41, 5.74) is 0.329. The molecule has 1 heterocycles. The highest BCUT2D eigenvalue weighted by molar-refractivity contribution is 6.42. The Hall–Kier alpha value is -1.17. The lowest BCUT2D eigenvalue weighted by Gasteiger charge is -2.33. The lowest BCUT2D eigenvalue weighted by atomic mass is 9.94. The highest BCUT2D eigenvalue weighted by atomic mass is 35.5. The Morgan fingerprint density at radius 1 is 1.08 bits per heavy atom. The number of nitrogens with one attached hydrogen (secondary N) is 1. The fourth-order valence-corrected chi connectivity index (χ4v) is 3.12. The van der Waals surface area contributed by atoms with E-state index in [0.29, 0.717) is 29.8 Å². The van der Waals surface area contributed by atoms with E-state index >= 15 is 0 Å². The number of halogens is 3. The van der Waals surface area contributed by atoms with Crippen LogP contribution < -0.4 is 14.8 Å². The smallest absolute Gasteiger partial charge is 0.139 e. The molecule has 1 fully saturated rings. The van der Waals surface area contributed by atoms with Gasteiger partial charge in [0, 0.05) is 13.2 Å². The minimum Gasteiger partial charge on any atom is -0.497 e. The van der Waals surface area contributed by atoms with Gasteiger partial charge >= 0.3 is 0 Å². The second-order valence-corrected chi connectivity index (χ2v) is 6.78. The average molecular weight is 419 g/mol. The van der Waals surface area contributed by atoms with Gasteiger partial charge in [0.1, 0.15) is 23.7 Å². The fraction of sp³-hybridized carbons (Fsp3) is 0.368. The molecule has 2 aromatic rings. The van der Waals surface area contributed by atoms with E-state index in [1.165, 1.54) is 0 Å². The Morgan fingerprint density at radius 2 is 1.81 bits per heavy atom. The minimum absolute atomic E-state index is 0. The van der Waals surface area contributed by atoms with Gasteiger partial charge in [-0.05, 0) is 54.9 Å². The van der Waals surface area contributed by atoms with Crippen LogP contribution in [0.15, 0.2) is 42.5 Å². The SMILES string of the molecule is COc1ccc(OC[C@]2(c3ccc(Cl)c(Cl)c3)CNCCCO2)cc1.Cl. The highest BCUT2D eigenvalue weighted by Gasteiger charge is 2.36. The van der Waals surface area contributed by atoms with E-state index in [-0.39, 0.29) is 12.4 Å². The zero-order chi connectivity index (χ0) is 17.7. The third-order valence-electron chi connectivity index (χ3n) is 4.26. The summed E-state index contributed by atoms with van der Waals surface area (Å²) in [6.07, 6.45) is 0.950. The number of hydrogen-bond acceptors (Lipinski definition) is 4. The quantitative estimate of drug-likeness (QED) is 0.763. The van der Waals surface area contributed by atoms with Crippen molar-refractivity contribution in [3.8, 4) is 11.5 Å². The summed E-state index contributed by atoms with van der Waals surface area (Å²) in [6.45, 7) is 2.57. The number of ether oxygens (including phenoxy) is 3. The van der Waals surface area contributed by atoms with Gasteiger partial charge in [0.25, 0.3) is 0 Å². The maximum atomic E-state index is 6.22. The third-order valence-corrected chi connectivity index (χ3v) is 5.00. The van der Waals surface area contributed by atoms with E-state index in [1.807, 2.05) is 36.4 Å². The first-order valence-corrected chi connectivity index (χ1v) is 8.96. The van der Waals surface area contributed by atoms with Crippen LogP contribution in [-0.4, -0.2) is 33.4 Å². The zero-order valence-electron chi connectivity index (χ0n) is 14.5. The van der Waals surface area contributed by atoms with Crippen LogP contribution in [0.5, 0.6) is 11.5 Å². The topological polar surface area (TPSA) is 39.7 Å². The molecule has 0 bridgehead atoms. The predicted molar refractivity (Wildman–Crippen MR) is 107 cm³/mol. The predicted octanol–water partition coefficient (Wildman–Crippen LogP) is 4.71. The van der Waals surface area contributed by atoms with Crippen LogP contribution in [-0.2, 0) is 10.3 Å². The van der Waals surface area contributed by atoms with Crippen LogP contribution in [0.25, 0.3) is 0 Å². The van der Waals surface area contributed by atoms with Crippen molar-refractivity contribution in [2.75, 3.05) is 33.4 Å². The van der Waals surface area contributed by atoms with Crippen molar-refractivity contribution in [2.24, 2.45) is 0 Å². The van der Waals surface area contributed by atoms with E-state index in [4.69, 9.17) is 37.4 Å². The second-order valence-electron chi connectivity index (χ2n) is 5.97. The summed E-state index contributed by atoms with van der Waals surface area (Å²) in [5, 5.41) is 4.46. The van der Waals surface area contributed by atoms with Crippen molar-refractivity contribution in [1.29, 1.82) is 0 Å². The van der Waals surface area contributed by atoms with Gasteiger partial charge < -0.3 is 19.5 Å². The van der Waals surface area contributed by atoms with Crippen LogP contribution in [0.4, 0.5) is 0 Å². The highest BCUT2D eigenvalue weighted by Crippen LogP contribution is 2.33. The molecule has 0 radical (unpaired) electrons. The monoisotopic (exact) mass is 417 g/mol. The Kier molecular flexibility index (Phi) is 7.86. The van der Waals surface area contributed by atoms with E-state index in [1.54, 1.807) is 13.2 Å². The molecule has 1 aliphatic rings. The normalized spacial score (nSPS) is 20.0. The summed E-state index contributed by atoms with van der Waals surface area (Å²) in [5.74, 6) is 1.55. The molecule has 4 nitrogen and oxygen atoms in total. The van der Waals surface area contributed by atoms with E-state index in [0.717, 1.165) is 30.0 Å². The summed E-state index contributed by atoms with van der Waals surface area (Å²) < 4.78 is 17.4. The van der Waals surface area contributed by atoms with Crippen molar-refractivity contribution < 1.29 is 14.2 Å². The first-order chi connectivity index (χ1) is 12.1. The number of rotatable bonds is 5. The first-order valence-electron chi connectivity index (χ1n) is 8.20. The summed E-state index contributed by atoms with van der Waals surface area (Å²) >= 11 is 12.3. The largest absolute Gasteiger partial charge is 0.497 e. The summed E-state index contributed by atoms with van der Waals surface area (Å²) in [4.78, 5) is 0. The van der Waals surface area contributed by atoms with Crippen molar-refractivity contribution in [1.82, 2.24) is 5.32 Å². The Labute approximate surface area is 170 Å². The molecule has 0 amide bonds. The van der Waals surface area contributed by atoms with Gasteiger partial charge in [-0.3, -0.25) is 0 Å². The van der Waals surface area contributed by atoms with Gasteiger partial charge in [0.15, 0.2) is 0 Å². The molecule has 7 heteroatoms. The fourth-order valence-electron chi connectivity index (χ4n) is 2.82. The number of hydrogen-bond donors (Lipinski definition) is 1. The van der Waals surface area contributed by atoms with Gasteiger partial charge in [-0.1, -0.05) is 29.3 Å². The Bertz CT molecular complexity index is 702. The molecular weight excluding hydrogens is 397 g/mol. The molecule has 1 atom stereocenters. The summed E-state index contributed by atoms with van der Waals surface area (Å²) in [6, 6.07) is 13.1. The van der Waals surface area contributed by atoms with Crippen LogP contribution >= 0.6 is 35.6 Å². The van der Waals surface area contributed by atoms with Crippen LogP contribution in [0, 0.1) is 0 Å². The lowest BCUT2D eigenvalue weighted by Crippen LogP contribution is -2.43. The molecule has 0 spiro atoms.